The van der Waals surface area contributed by atoms with E-state index in [1.54, 1.807) is 13.1 Å². The van der Waals surface area contributed by atoms with Gasteiger partial charge in [-0.3, -0.25) is 0 Å². The number of anilines is 1. The van der Waals surface area contributed by atoms with E-state index in [4.69, 9.17) is 0 Å². The van der Waals surface area contributed by atoms with Gasteiger partial charge in [-0.15, -0.1) is 0 Å². The van der Waals surface area contributed by atoms with Crippen LogP contribution in [0.15, 0.2) is 18.3 Å². The van der Waals surface area contributed by atoms with Crippen LogP contribution in [-0.4, -0.2) is 23.7 Å². The standard InChI is InChI=1S/C14H22N2O/c1-11(17)13-8-5-9-15-14(13)16(2)10-12-6-3-4-7-12/h5,8-9,11-12,17H,3-4,6-7,10H2,1-2H3/t11-/m1/s1. The molecule has 2 rings (SSSR count). The zero-order valence-corrected chi connectivity index (χ0v) is 10.8. The molecule has 0 bridgehead atoms. The molecule has 0 radical (unpaired) electrons. The Balaban J connectivity index is 2.09. The van der Waals surface area contributed by atoms with Crippen molar-refractivity contribution in [2.24, 2.45) is 5.92 Å². The summed E-state index contributed by atoms with van der Waals surface area (Å²) in [5, 5.41) is 9.75. The van der Waals surface area contributed by atoms with Gasteiger partial charge in [-0.25, -0.2) is 4.98 Å². The first-order chi connectivity index (χ1) is 8.18. The van der Waals surface area contributed by atoms with Crippen molar-refractivity contribution < 1.29 is 5.11 Å². The van der Waals surface area contributed by atoms with Crippen molar-refractivity contribution in [3.8, 4) is 0 Å². The van der Waals surface area contributed by atoms with Crippen molar-refractivity contribution in [1.82, 2.24) is 4.98 Å². The van der Waals surface area contributed by atoms with Crippen molar-refractivity contribution in [2.45, 2.75) is 38.7 Å². The Morgan fingerprint density at radius 3 is 2.82 bits per heavy atom. The van der Waals surface area contributed by atoms with Crippen molar-refractivity contribution >= 4 is 5.82 Å². The van der Waals surface area contributed by atoms with Crippen LogP contribution >= 0.6 is 0 Å². The fourth-order valence-corrected chi connectivity index (χ4v) is 2.72. The van der Waals surface area contributed by atoms with Crippen LogP contribution in [0.5, 0.6) is 0 Å². The van der Waals surface area contributed by atoms with E-state index in [1.807, 2.05) is 12.1 Å². The molecule has 1 atom stereocenters. The molecule has 1 N–H and O–H groups in total. The van der Waals surface area contributed by atoms with Crippen LogP contribution in [0.2, 0.25) is 0 Å². The minimum Gasteiger partial charge on any atom is -0.389 e. The third kappa shape index (κ3) is 2.97. The zero-order valence-electron chi connectivity index (χ0n) is 10.8. The first kappa shape index (κ1) is 12.4. The Hall–Kier alpha value is -1.09. The largest absolute Gasteiger partial charge is 0.389 e. The molecule has 17 heavy (non-hydrogen) atoms. The number of pyridine rings is 1. The zero-order chi connectivity index (χ0) is 12.3. The van der Waals surface area contributed by atoms with E-state index in [-0.39, 0.29) is 0 Å². The minimum absolute atomic E-state index is 0.454. The Morgan fingerprint density at radius 2 is 2.18 bits per heavy atom. The highest BCUT2D eigenvalue weighted by Crippen LogP contribution is 2.28. The van der Waals surface area contributed by atoms with Gasteiger partial charge in [0.1, 0.15) is 5.82 Å². The third-order valence-electron chi connectivity index (χ3n) is 3.64. The summed E-state index contributed by atoms with van der Waals surface area (Å²) in [4.78, 5) is 6.60. The van der Waals surface area contributed by atoms with E-state index in [9.17, 15) is 5.11 Å². The molecule has 1 aliphatic carbocycles. The van der Waals surface area contributed by atoms with E-state index in [0.717, 1.165) is 23.8 Å². The van der Waals surface area contributed by atoms with Gasteiger partial charge in [-0.2, -0.15) is 0 Å². The number of aliphatic hydroxyl groups is 1. The lowest BCUT2D eigenvalue weighted by Crippen LogP contribution is -2.26. The summed E-state index contributed by atoms with van der Waals surface area (Å²) in [6.45, 7) is 2.85. The van der Waals surface area contributed by atoms with Crippen molar-refractivity contribution in [2.75, 3.05) is 18.5 Å². The van der Waals surface area contributed by atoms with Gasteiger partial charge in [-0.1, -0.05) is 18.9 Å². The lowest BCUT2D eigenvalue weighted by Gasteiger charge is -2.25. The van der Waals surface area contributed by atoms with E-state index in [0.29, 0.717) is 0 Å². The normalized spacial score (nSPS) is 18.3. The smallest absolute Gasteiger partial charge is 0.134 e. The van der Waals surface area contributed by atoms with Gasteiger partial charge >= 0.3 is 0 Å². The second-order valence-electron chi connectivity index (χ2n) is 5.12. The molecule has 3 nitrogen and oxygen atoms in total. The van der Waals surface area contributed by atoms with Crippen LogP contribution in [-0.2, 0) is 0 Å². The topological polar surface area (TPSA) is 36.4 Å². The highest BCUT2D eigenvalue weighted by Gasteiger charge is 2.19. The number of hydrogen-bond donors (Lipinski definition) is 1. The van der Waals surface area contributed by atoms with Crippen molar-refractivity contribution in [1.29, 1.82) is 0 Å². The van der Waals surface area contributed by atoms with Gasteiger partial charge in [0.05, 0.1) is 6.10 Å². The van der Waals surface area contributed by atoms with Gasteiger partial charge in [0.25, 0.3) is 0 Å². The number of aromatic nitrogens is 1. The Bertz CT molecular complexity index is 359. The summed E-state index contributed by atoms with van der Waals surface area (Å²) in [7, 11) is 2.08. The lowest BCUT2D eigenvalue weighted by atomic mass is 10.1. The molecule has 0 aliphatic heterocycles. The lowest BCUT2D eigenvalue weighted by molar-refractivity contribution is 0.199. The molecule has 0 aromatic carbocycles. The van der Waals surface area contributed by atoms with Crippen LogP contribution in [0.1, 0.15) is 44.3 Å². The van der Waals surface area contributed by atoms with Gasteiger partial charge in [0, 0.05) is 25.4 Å². The minimum atomic E-state index is -0.454. The Morgan fingerprint density at radius 1 is 1.47 bits per heavy atom. The molecular formula is C14H22N2O. The molecule has 1 aromatic heterocycles. The van der Waals surface area contributed by atoms with E-state index < -0.39 is 6.10 Å². The number of nitrogens with zero attached hydrogens (tertiary/aromatic N) is 2. The predicted molar refractivity (Wildman–Crippen MR) is 70.1 cm³/mol. The summed E-state index contributed by atoms with van der Waals surface area (Å²) >= 11 is 0. The van der Waals surface area contributed by atoms with Gasteiger partial charge in [0.15, 0.2) is 0 Å². The number of aliphatic hydroxyl groups excluding tert-OH is 1. The average molecular weight is 234 g/mol. The molecule has 1 saturated carbocycles. The Kier molecular flexibility index (Phi) is 4.00. The molecule has 1 fully saturated rings. The van der Waals surface area contributed by atoms with Crippen LogP contribution in [0, 0.1) is 5.92 Å². The second-order valence-corrected chi connectivity index (χ2v) is 5.12. The second kappa shape index (κ2) is 5.50. The molecule has 94 valence electrons. The molecule has 3 heteroatoms. The fourth-order valence-electron chi connectivity index (χ4n) is 2.72. The molecule has 0 saturated heterocycles. The molecule has 0 amide bonds. The fraction of sp³-hybridized carbons (Fsp3) is 0.643. The molecule has 0 spiro atoms. The first-order valence-corrected chi connectivity index (χ1v) is 6.52. The number of hydrogen-bond acceptors (Lipinski definition) is 3. The monoisotopic (exact) mass is 234 g/mol. The maximum absolute atomic E-state index is 9.75. The predicted octanol–water partition coefficient (Wildman–Crippen LogP) is 2.76. The summed E-state index contributed by atoms with van der Waals surface area (Å²) in [5.74, 6) is 1.72. The van der Waals surface area contributed by atoms with Crippen LogP contribution in [0.25, 0.3) is 0 Å². The summed E-state index contributed by atoms with van der Waals surface area (Å²) in [6, 6.07) is 3.84. The van der Waals surface area contributed by atoms with E-state index in [2.05, 4.69) is 16.9 Å². The Labute approximate surface area is 103 Å². The molecular weight excluding hydrogens is 212 g/mol. The highest BCUT2D eigenvalue weighted by molar-refractivity contribution is 5.47. The molecule has 1 heterocycles. The van der Waals surface area contributed by atoms with Crippen LogP contribution in [0.4, 0.5) is 5.82 Å². The molecule has 1 aromatic rings. The molecule has 1 aliphatic rings. The van der Waals surface area contributed by atoms with Gasteiger partial charge in [-0.05, 0) is 31.7 Å². The molecule has 0 unspecified atom stereocenters. The SMILES string of the molecule is C[C@@H](O)c1cccnc1N(C)CC1CCCC1. The number of rotatable bonds is 4. The van der Waals surface area contributed by atoms with Gasteiger partial charge in [0.2, 0.25) is 0 Å². The van der Waals surface area contributed by atoms with E-state index >= 15 is 0 Å². The maximum atomic E-state index is 9.75. The summed E-state index contributed by atoms with van der Waals surface area (Å²) < 4.78 is 0. The highest BCUT2D eigenvalue weighted by atomic mass is 16.3. The van der Waals surface area contributed by atoms with Crippen molar-refractivity contribution in [3.63, 3.8) is 0 Å². The van der Waals surface area contributed by atoms with Crippen LogP contribution < -0.4 is 4.90 Å². The van der Waals surface area contributed by atoms with Crippen molar-refractivity contribution in [3.05, 3.63) is 23.9 Å². The maximum Gasteiger partial charge on any atom is 0.134 e. The van der Waals surface area contributed by atoms with E-state index in [1.165, 1.54) is 25.7 Å². The quantitative estimate of drug-likeness (QED) is 0.870. The third-order valence-corrected chi connectivity index (χ3v) is 3.64. The first-order valence-electron chi connectivity index (χ1n) is 6.52. The summed E-state index contributed by atoms with van der Waals surface area (Å²) in [6.07, 6.45) is 6.74. The van der Waals surface area contributed by atoms with Crippen LogP contribution in [0.3, 0.4) is 0 Å². The summed E-state index contributed by atoms with van der Waals surface area (Å²) in [5.41, 5.74) is 0.924. The average Bonchev–Trinajstić information content (AvgIpc) is 2.81. The van der Waals surface area contributed by atoms with Gasteiger partial charge < -0.3 is 10.0 Å².